The first-order valence-electron chi connectivity index (χ1n) is 12.2. The SMILES string of the molecule is COc1ccccc1N(CC(=O)Nc1ccc(S(=O)(=O)Nc2cc(C)ccc2C)cc1)S(=O)(=O)c1ccccc1. The molecule has 0 aromatic heterocycles. The van der Waals surface area contributed by atoms with Crippen LogP contribution in [0.3, 0.4) is 0 Å². The van der Waals surface area contributed by atoms with Gasteiger partial charge in [-0.25, -0.2) is 16.8 Å². The molecule has 4 aromatic carbocycles. The van der Waals surface area contributed by atoms with Crippen LogP contribution in [0.2, 0.25) is 0 Å². The molecule has 0 saturated heterocycles. The number of sulfonamides is 2. The van der Waals surface area contributed by atoms with E-state index in [1.807, 2.05) is 26.0 Å². The molecule has 40 heavy (non-hydrogen) atoms. The summed E-state index contributed by atoms with van der Waals surface area (Å²) in [6, 6.07) is 25.4. The van der Waals surface area contributed by atoms with Gasteiger partial charge in [0.05, 0.1) is 28.3 Å². The molecule has 0 aliphatic carbocycles. The van der Waals surface area contributed by atoms with Gasteiger partial charge in [0.25, 0.3) is 20.0 Å². The maximum absolute atomic E-state index is 13.6. The second-order valence-electron chi connectivity index (χ2n) is 8.99. The van der Waals surface area contributed by atoms with Gasteiger partial charge >= 0.3 is 0 Å². The maximum atomic E-state index is 13.6. The van der Waals surface area contributed by atoms with Crippen molar-refractivity contribution in [2.45, 2.75) is 23.6 Å². The summed E-state index contributed by atoms with van der Waals surface area (Å²) in [7, 11) is -6.59. The molecule has 11 heteroatoms. The topological polar surface area (TPSA) is 122 Å². The Morgan fingerprint density at radius 3 is 2.12 bits per heavy atom. The Morgan fingerprint density at radius 1 is 0.800 bits per heavy atom. The number of hydrogen-bond acceptors (Lipinski definition) is 6. The van der Waals surface area contributed by atoms with Crippen LogP contribution >= 0.6 is 0 Å². The van der Waals surface area contributed by atoms with E-state index in [2.05, 4.69) is 10.0 Å². The molecule has 0 atom stereocenters. The fourth-order valence-corrected chi connectivity index (χ4v) is 6.53. The lowest BCUT2D eigenvalue weighted by molar-refractivity contribution is -0.114. The second-order valence-corrected chi connectivity index (χ2v) is 12.5. The molecule has 0 fully saturated rings. The molecule has 9 nitrogen and oxygen atoms in total. The van der Waals surface area contributed by atoms with Gasteiger partial charge in [0.15, 0.2) is 0 Å². The Bertz CT molecular complexity index is 1720. The van der Waals surface area contributed by atoms with Crippen molar-refractivity contribution in [3.05, 3.63) is 108 Å². The third kappa shape index (κ3) is 6.44. The summed E-state index contributed by atoms with van der Waals surface area (Å²) in [6.07, 6.45) is 0. The van der Waals surface area contributed by atoms with Crippen LogP contribution < -0.4 is 19.1 Å². The molecule has 0 aliphatic heterocycles. The van der Waals surface area contributed by atoms with Crippen molar-refractivity contribution in [1.82, 2.24) is 0 Å². The maximum Gasteiger partial charge on any atom is 0.264 e. The molecule has 0 aliphatic rings. The lowest BCUT2D eigenvalue weighted by Crippen LogP contribution is -2.38. The minimum atomic E-state index is -4.13. The van der Waals surface area contributed by atoms with Gasteiger partial charge < -0.3 is 10.1 Å². The van der Waals surface area contributed by atoms with Crippen molar-refractivity contribution in [2.24, 2.45) is 0 Å². The monoisotopic (exact) mass is 579 g/mol. The van der Waals surface area contributed by atoms with Crippen LogP contribution in [-0.4, -0.2) is 36.4 Å². The van der Waals surface area contributed by atoms with E-state index in [0.29, 0.717) is 11.4 Å². The molecule has 1 amide bonds. The first-order valence-corrected chi connectivity index (χ1v) is 15.1. The fraction of sp³-hybridized carbons (Fsp3) is 0.138. The summed E-state index contributed by atoms with van der Waals surface area (Å²) in [5.74, 6) is -0.352. The highest BCUT2D eigenvalue weighted by Crippen LogP contribution is 2.32. The fourth-order valence-electron chi connectivity index (χ4n) is 3.95. The average molecular weight is 580 g/mol. The van der Waals surface area contributed by atoms with E-state index in [0.717, 1.165) is 15.4 Å². The van der Waals surface area contributed by atoms with Crippen molar-refractivity contribution in [1.29, 1.82) is 0 Å². The van der Waals surface area contributed by atoms with Gasteiger partial charge in [-0.3, -0.25) is 13.8 Å². The zero-order valence-electron chi connectivity index (χ0n) is 22.2. The van der Waals surface area contributed by atoms with Crippen molar-refractivity contribution in [2.75, 3.05) is 28.0 Å². The largest absolute Gasteiger partial charge is 0.495 e. The van der Waals surface area contributed by atoms with E-state index in [1.165, 1.54) is 43.5 Å². The average Bonchev–Trinajstić information content (AvgIpc) is 2.94. The summed E-state index contributed by atoms with van der Waals surface area (Å²) in [4.78, 5) is 13.1. The molecule has 2 N–H and O–H groups in total. The third-order valence-electron chi connectivity index (χ3n) is 6.06. The van der Waals surface area contributed by atoms with Crippen LogP contribution in [0.25, 0.3) is 0 Å². The predicted octanol–water partition coefficient (Wildman–Crippen LogP) is 4.95. The molecule has 208 valence electrons. The number of anilines is 3. The predicted molar refractivity (Wildman–Crippen MR) is 156 cm³/mol. The second kappa shape index (κ2) is 11.8. The summed E-state index contributed by atoms with van der Waals surface area (Å²) >= 11 is 0. The normalized spacial score (nSPS) is 11.5. The molecule has 0 radical (unpaired) electrons. The Kier molecular flexibility index (Phi) is 8.46. The smallest absolute Gasteiger partial charge is 0.264 e. The lowest BCUT2D eigenvalue weighted by Gasteiger charge is -2.25. The number of ether oxygens (including phenoxy) is 1. The molecule has 0 heterocycles. The molecule has 0 unspecified atom stereocenters. The molecule has 0 bridgehead atoms. The van der Waals surface area contributed by atoms with Gasteiger partial charge in [-0.2, -0.15) is 0 Å². The number of nitrogens with one attached hydrogen (secondary N) is 2. The number of amides is 1. The van der Waals surface area contributed by atoms with Crippen molar-refractivity contribution in [3.8, 4) is 5.75 Å². The zero-order valence-corrected chi connectivity index (χ0v) is 23.8. The van der Waals surface area contributed by atoms with Crippen LogP contribution in [0, 0.1) is 13.8 Å². The van der Waals surface area contributed by atoms with Crippen molar-refractivity contribution < 1.29 is 26.4 Å². The van der Waals surface area contributed by atoms with E-state index >= 15 is 0 Å². The van der Waals surface area contributed by atoms with E-state index in [4.69, 9.17) is 4.74 Å². The minimum Gasteiger partial charge on any atom is -0.495 e. The molecule has 0 spiro atoms. The number of para-hydroxylation sites is 2. The first kappa shape index (κ1) is 28.7. The number of hydrogen-bond donors (Lipinski definition) is 2. The number of nitrogens with zero attached hydrogens (tertiary/aromatic N) is 1. The van der Waals surface area contributed by atoms with Crippen LogP contribution in [0.4, 0.5) is 17.1 Å². The Morgan fingerprint density at radius 2 is 1.45 bits per heavy atom. The lowest BCUT2D eigenvalue weighted by atomic mass is 10.1. The Balaban J connectivity index is 1.55. The highest BCUT2D eigenvalue weighted by Gasteiger charge is 2.29. The zero-order chi connectivity index (χ0) is 28.9. The number of carbonyl (C=O) groups is 1. The van der Waals surface area contributed by atoms with Gasteiger partial charge in [0, 0.05) is 5.69 Å². The van der Waals surface area contributed by atoms with Gasteiger partial charge in [-0.15, -0.1) is 0 Å². The van der Waals surface area contributed by atoms with Gasteiger partial charge in [0.2, 0.25) is 5.91 Å². The standard InChI is InChI=1S/C29H29N3O6S2/c1-21-13-14-22(2)26(19-21)31-39(34,35)24-17-15-23(16-18-24)30-29(33)20-32(27-11-7-8-12-28(27)38-3)40(36,37)25-9-5-4-6-10-25/h4-19,31H,20H2,1-3H3,(H,30,33). The number of rotatable bonds is 10. The molecule has 4 aromatic rings. The third-order valence-corrected chi connectivity index (χ3v) is 9.21. The van der Waals surface area contributed by atoms with E-state index in [9.17, 15) is 21.6 Å². The van der Waals surface area contributed by atoms with E-state index < -0.39 is 32.5 Å². The van der Waals surface area contributed by atoms with E-state index in [1.54, 1.807) is 48.5 Å². The van der Waals surface area contributed by atoms with Crippen LogP contribution in [0.5, 0.6) is 5.75 Å². The number of benzene rings is 4. The molecular weight excluding hydrogens is 550 g/mol. The van der Waals surface area contributed by atoms with Gasteiger partial charge in [-0.05, 0) is 79.6 Å². The Hall–Kier alpha value is -4.35. The molecular formula is C29H29N3O6S2. The molecule has 4 rings (SSSR count). The van der Waals surface area contributed by atoms with Crippen LogP contribution in [-0.2, 0) is 24.8 Å². The number of carbonyl (C=O) groups excluding carboxylic acids is 1. The van der Waals surface area contributed by atoms with Crippen molar-refractivity contribution in [3.63, 3.8) is 0 Å². The highest BCUT2D eigenvalue weighted by atomic mass is 32.2. The van der Waals surface area contributed by atoms with E-state index in [-0.39, 0.29) is 21.2 Å². The van der Waals surface area contributed by atoms with Crippen LogP contribution in [0.15, 0.2) is 107 Å². The number of methoxy groups -OCH3 is 1. The summed E-state index contributed by atoms with van der Waals surface area (Å²) in [6.45, 7) is 3.13. The highest BCUT2D eigenvalue weighted by molar-refractivity contribution is 7.93. The molecule has 0 saturated carbocycles. The van der Waals surface area contributed by atoms with Crippen LogP contribution in [0.1, 0.15) is 11.1 Å². The summed E-state index contributed by atoms with van der Waals surface area (Å²) < 4.78 is 61.9. The quantitative estimate of drug-likeness (QED) is 0.274. The van der Waals surface area contributed by atoms with Crippen molar-refractivity contribution >= 4 is 43.0 Å². The van der Waals surface area contributed by atoms with Gasteiger partial charge in [0.1, 0.15) is 12.3 Å². The summed E-state index contributed by atoms with van der Waals surface area (Å²) in [5.41, 5.74) is 2.67. The Labute approximate surface area is 234 Å². The summed E-state index contributed by atoms with van der Waals surface area (Å²) in [5, 5.41) is 2.65. The first-order chi connectivity index (χ1) is 19.0. The number of aryl methyl sites for hydroxylation is 2. The van der Waals surface area contributed by atoms with Gasteiger partial charge in [-0.1, -0.05) is 42.5 Å². The minimum absolute atomic E-state index is 0.00806.